The monoisotopic (exact) mass is 261 g/mol. The molecule has 1 unspecified atom stereocenters. The Morgan fingerprint density at radius 3 is 2.61 bits per heavy atom. The molecule has 2 aromatic rings. The van der Waals surface area contributed by atoms with E-state index in [-0.39, 0.29) is 6.61 Å². The van der Waals surface area contributed by atoms with Crippen molar-refractivity contribution in [3.63, 3.8) is 0 Å². The van der Waals surface area contributed by atoms with Crippen LogP contribution in [0.5, 0.6) is 0 Å². The zero-order valence-electron chi connectivity index (χ0n) is 9.86. The van der Waals surface area contributed by atoms with Gasteiger partial charge in [-0.1, -0.05) is 30.3 Å². The summed E-state index contributed by atoms with van der Waals surface area (Å²) in [6.45, 7) is -0.102. The van der Waals surface area contributed by atoms with E-state index in [1.165, 1.54) is 18.1 Å². The van der Waals surface area contributed by atoms with Gasteiger partial charge >= 0.3 is 0 Å². The topological polar surface area (TPSA) is 72.0 Å². The number of benzene rings is 1. The molecule has 0 spiro atoms. The number of aliphatic hydroxyl groups is 1. The van der Waals surface area contributed by atoms with Crippen LogP contribution in [0.15, 0.2) is 53.9 Å². The van der Waals surface area contributed by atoms with Gasteiger partial charge in [0.25, 0.3) is 0 Å². The Hall–Kier alpha value is -1.43. The summed E-state index contributed by atoms with van der Waals surface area (Å²) in [5.41, 5.74) is 6.42. The zero-order valence-corrected chi connectivity index (χ0v) is 10.7. The second-order valence-corrected chi connectivity index (χ2v) is 5.01. The highest BCUT2D eigenvalue weighted by molar-refractivity contribution is 7.99. The normalized spacial score (nSPS) is 14.1. The number of nitrogens with zero attached hydrogens (tertiary/aromatic N) is 2. The summed E-state index contributed by atoms with van der Waals surface area (Å²) in [5.74, 6) is 0.560. The lowest BCUT2D eigenvalue weighted by atomic mass is 9.94. The van der Waals surface area contributed by atoms with Gasteiger partial charge < -0.3 is 10.8 Å². The summed E-state index contributed by atoms with van der Waals surface area (Å²) in [6, 6.07) is 11.4. The molecule has 1 aromatic heterocycles. The molecule has 0 aliphatic rings. The average Bonchev–Trinajstić information content (AvgIpc) is 2.47. The van der Waals surface area contributed by atoms with Gasteiger partial charge in [0.05, 0.1) is 17.2 Å². The molecule has 4 nitrogen and oxygen atoms in total. The minimum absolute atomic E-state index is 0.102. The first-order valence-electron chi connectivity index (χ1n) is 5.59. The van der Waals surface area contributed by atoms with E-state index in [9.17, 15) is 5.11 Å². The van der Waals surface area contributed by atoms with Crippen LogP contribution in [0.2, 0.25) is 0 Å². The molecule has 0 amide bonds. The molecule has 1 heterocycles. The summed E-state index contributed by atoms with van der Waals surface area (Å²) >= 11 is 1.51. The third-order valence-corrected chi connectivity index (χ3v) is 3.86. The molecule has 0 radical (unpaired) electrons. The van der Waals surface area contributed by atoms with Crippen LogP contribution >= 0.6 is 11.8 Å². The van der Waals surface area contributed by atoms with Crippen LogP contribution < -0.4 is 5.73 Å². The standard InChI is InChI=1S/C13H15N3OS/c14-13(8-17,11-4-2-1-3-5-11)9-18-12-6-7-15-10-16-12/h1-7,10,17H,8-9,14H2. The van der Waals surface area contributed by atoms with Crippen molar-refractivity contribution in [3.8, 4) is 0 Å². The maximum atomic E-state index is 9.55. The predicted octanol–water partition coefficient (Wildman–Crippen LogP) is 1.42. The number of aliphatic hydroxyl groups excluding tert-OH is 1. The molecule has 3 N–H and O–H groups in total. The van der Waals surface area contributed by atoms with E-state index >= 15 is 0 Å². The first-order chi connectivity index (χ1) is 8.74. The van der Waals surface area contributed by atoms with E-state index in [2.05, 4.69) is 9.97 Å². The van der Waals surface area contributed by atoms with Crippen LogP contribution in [0.4, 0.5) is 0 Å². The van der Waals surface area contributed by atoms with Crippen LogP contribution in [0.1, 0.15) is 5.56 Å². The molecule has 94 valence electrons. The van der Waals surface area contributed by atoms with Crippen molar-refractivity contribution in [2.45, 2.75) is 10.6 Å². The highest BCUT2D eigenvalue weighted by atomic mass is 32.2. The Morgan fingerprint density at radius 2 is 2.00 bits per heavy atom. The molecule has 1 atom stereocenters. The fourth-order valence-electron chi connectivity index (χ4n) is 1.56. The van der Waals surface area contributed by atoms with Crippen molar-refractivity contribution in [1.29, 1.82) is 0 Å². The van der Waals surface area contributed by atoms with Crippen LogP contribution in [0.3, 0.4) is 0 Å². The molecule has 0 aliphatic carbocycles. The first kappa shape index (κ1) is 13.0. The van der Waals surface area contributed by atoms with E-state index < -0.39 is 5.54 Å². The van der Waals surface area contributed by atoms with Gasteiger partial charge in [0, 0.05) is 11.9 Å². The van der Waals surface area contributed by atoms with E-state index in [1.54, 1.807) is 6.20 Å². The van der Waals surface area contributed by atoms with Crippen molar-refractivity contribution in [2.24, 2.45) is 5.73 Å². The summed E-state index contributed by atoms with van der Waals surface area (Å²) in [5, 5.41) is 10.4. The first-order valence-corrected chi connectivity index (χ1v) is 6.57. The van der Waals surface area contributed by atoms with Gasteiger partial charge in [-0.3, -0.25) is 0 Å². The van der Waals surface area contributed by atoms with Crippen LogP contribution in [0.25, 0.3) is 0 Å². The Labute approximate surface area is 110 Å². The highest BCUT2D eigenvalue weighted by Crippen LogP contribution is 2.26. The molecule has 0 aliphatic heterocycles. The lowest BCUT2D eigenvalue weighted by Crippen LogP contribution is -2.43. The minimum Gasteiger partial charge on any atom is -0.394 e. The lowest BCUT2D eigenvalue weighted by Gasteiger charge is -2.27. The Morgan fingerprint density at radius 1 is 1.22 bits per heavy atom. The predicted molar refractivity (Wildman–Crippen MR) is 72.1 cm³/mol. The number of nitrogens with two attached hydrogens (primary N) is 1. The van der Waals surface area contributed by atoms with E-state index in [4.69, 9.17) is 5.73 Å². The van der Waals surface area contributed by atoms with E-state index in [0.29, 0.717) is 5.75 Å². The summed E-state index contributed by atoms with van der Waals surface area (Å²) in [6.07, 6.45) is 3.19. The van der Waals surface area contributed by atoms with Gasteiger partial charge in [-0.05, 0) is 11.6 Å². The summed E-state index contributed by atoms with van der Waals surface area (Å²) in [7, 11) is 0. The van der Waals surface area contributed by atoms with E-state index in [0.717, 1.165) is 10.6 Å². The van der Waals surface area contributed by atoms with Crippen molar-refractivity contribution < 1.29 is 5.11 Å². The molecule has 0 bridgehead atoms. The highest BCUT2D eigenvalue weighted by Gasteiger charge is 2.26. The molecule has 18 heavy (non-hydrogen) atoms. The smallest absolute Gasteiger partial charge is 0.116 e. The minimum atomic E-state index is -0.753. The average molecular weight is 261 g/mol. The largest absolute Gasteiger partial charge is 0.394 e. The Kier molecular flexibility index (Phi) is 4.30. The van der Waals surface area contributed by atoms with Gasteiger partial charge in [-0.2, -0.15) is 0 Å². The van der Waals surface area contributed by atoms with Gasteiger partial charge in [0.1, 0.15) is 6.33 Å². The molecular weight excluding hydrogens is 246 g/mol. The molecule has 0 saturated carbocycles. The zero-order chi connectivity index (χ0) is 12.8. The van der Waals surface area contributed by atoms with Gasteiger partial charge in [-0.15, -0.1) is 11.8 Å². The van der Waals surface area contributed by atoms with E-state index in [1.807, 2.05) is 36.4 Å². The van der Waals surface area contributed by atoms with Gasteiger partial charge in [-0.25, -0.2) is 9.97 Å². The van der Waals surface area contributed by atoms with Gasteiger partial charge in [0.2, 0.25) is 0 Å². The third kappa shape index (κ3) is 3.07. The number of hydrogen-bond donors (Lipinski definition) is 2. The molecule has 1 aromatic carbocycles. The number of aromatic nitrogens is 2. The van der Waals surface area contributed by atoms with Crippen LogP contribution in [0, 0.1) is 0 Å². The Bertz CT molecular complexity index is 480. The lowest BCUT2D eigenvalue weighted by molar-refractivity contribution is 0.213. The fraction of sp³-hybridized carbons (Fsp3) is 0.231. The number of rotatable bonds is 5. The molecule has 5 heteroatoms. The molecule has 2 rings (SSSR count). The van der Waals surface area contributed by atoms with Crippen LogP contribution in [-0.2, 0) is 5.54 Å². The second kappa shape index (κ2) is 5.95. The number of hydrogen-bond acceptors (Lipinski definition) is 5. The van der Waals surface area contributed by atoms with Gasteiger partial charge in [0.15, 0.2) is 0 Å². The Balaban J connectivity index is 2.10. The quantitative estimate of drug-likeness (QED) is 0.629. The second-order valence-electron chi connectivity index (χ2n) is 4.02. The SMILES string of the molecule is NC(CO)(CSc1ccncn1)c1ccccc1. The molecule has 0 saturated heterocycles. The molecular formula is C13H15N3OS. The summed E-state index contributed by atoms with van der Waals surface area (Å²) in [4.78, 5) is 7.99. The maximum absolute atomic E-state index is 9.55. The fourth-order valence-corrected chi connectivity index (χ4v) is 2.50. The maximum Gasteiger partial charge on any atom is 0.116 e. The summed E-state index contributed by atoms with van der Waals surface area (Å²) < 4.78 is 0. The van der Waals surface area contributed by atoms with Crippen molar-refractivity contribution >= 4 is 11.8 Å². The van der Waals surface area contributed by atoms with Crippen LogP contribution in [-0.4, -0.2) is 27.4 Å². The van der Waals surface area contributed by atoms with Crippen molar-refractivity contribution in [2.75, 3.05) is 12.4 Å². The molecule has 0 fully saturated rings. The van der Waals surface area contributed by atoms with Crippen molar-refractivity contribution in [3.05, 3.63) is 54.5 Å². The van der Waals surface area contributed by atoms with Crippen molar-refractivity contribution in [1.82, 2.24) is 9.97 Å². The number of thioether (sulfide) groups is 1. The third-order valence-electron chi connectivity index (χ3n) is 2.66.